The zero-order valence-corrected chi connectivity index (χ0v) is 20.6. The van der Waals surface area contributed by atoms with Crippen LogP contribution in [0.25, 0.3) is 27.9 Å². The topological polar surface area (TPSA) is 67.5 Å². The molecule has 0 bridgehead atoms. The Balaban J connectivity index is 0.000000350. The predicted octanol–water partition coefficient (Wildman–Crippen LogP) is 5.64. The summed E-state index contributed by atoms with van der Waals surface area (Å²) in [6.45, 7) is 7.34. The van der Waals surface area contributed by atoms with Crippen LogP contribution in [0.3, 0.4) is 0 Å². The van der Waals surface area contributed by atoms with Crippen LogP contribution in [0.5, 0.6) is 0 Å². The van der Waals surface area contributed by atoms with E-state index in [-0.39, 0.29) is 31.6 Å². The number of imidazole rings is 1. The first-order valence-electron chi connectivity index (χ1n) is 9.46. The van der Waals surface area contributed by atoms with Crippen molar-refractivity contribution in [1.29, 1.82) is 0 Å². The third kappa shape index (κ3) is 6.08. The average Bonchev–Trinajstić information content (AvgIpc) is 3.18. The minimum Gasteiger partial charge on any atom is -0.512 e. The first-order chi connectivity index (χ1) is 13.8. The van der Waals surface area contributed by atoms with Crippen LogP contribution in [0.2, 0.25) is 0 Å². The molecule has 3 aromatic heterocycles. The van der Waals surface area contributed by atoms with E-state index in [0.717, 1.165) is 34.4 Å². The zero-order chi connectivity index (χ0) is 21.0. The molecule has 4 rings (SSSR count). The summed E-state index contributed by atoms with van der Waals surface area (Å²) in [6.07, 6.45) is 4.12. The number of aliphatic hydroxyl groups excluding tert-OH is 1. The van der Waals surface area contributed by atoms with E-state index >= 15 is 0 Å². The Morgan fingerprint density at radius 2 is 2.07 bits per heavy atom. The van der Waals surface area contributed by atoms with Gasteiger partial charge in [0, 0.05) is 37.3 Å². The summed E-state index contributed by atoms with van der Waals surface area (Å²) in [5.74, 6) is 0.596. The van der Waals surface area contributed by atoms with Crippen LogP contribution in [-0.4, -0.2) is 24.6 Å². The van der Waals surface area contributed by atoms with Gasteiger partial charge in [-0.1, -0.05) is 31.4 Å². The number of aromatic nitrogens is 3. The van der Waals surface area contributed by atoms with Gasteiger partial charge in [-0.05, 0) is 37.9 Å². The summed E-state index contributed by atoms with van der Waals surface area (Å²) < 4.78 is 2.21. The first-order valence-corrected chi connectivity index (χ1v) is 10.2. The number of hydrogen-bond acceptors (Lipinski definition) is 5. The number of carbonyl (C=O) groups excluding carboxylic acids is 1. The predicted molar refractivity (Wildman–Crippen MR) is 118 cm³/mol. The SMILES string of the molecule is CC(=O)/C=C(/C)O.CC(C)Cc1cc2nc3cnc(-c4[c-]cccc4)cc3n2s1.[Ir]. The van der Waals surface area contributed by atoms with Gasteiger partial charge in [0.05, 0.1) is 11.3 Å². The summed E-state index contributed by atoms with van der Waals surface area (Å²) in [6, 6.07) is 15.5. The van der Waals surface area contributed by atoms with Crippen molar-refractivity contribution in [3.05, 3.63) is 65.4 Å². The molecule has 0 unspecified atom stereocenters. The minimum atomic E-state index is -0.125. The van der Waals surface area contributed by atoms with E-state index < -0.39 is 0 Å². The molecule has 0 fully saturated rings. The van der Waals surface area contributed by atoms with Gasteiger partial charge in [0.2, 0.25) is 0 Å². The van der Waals surface area contributed by atoms with Crippen LogP contribution in [0.15, 0.2) is 54.4 Å². The third-order valence-electron chi connectivity index (χ3n) is 4.03. The number of allylic oxidation sites excluding steroid dienone is 2. The molecule has 0 aliphatic heterocycles. The number of carbonyl (C=O) groups is 1. The van der Waals surface area contributed by atoms with Crippen molar-refractivity contribution in [1.82, 2.24) is 13.8 Å². The van der Waals surface area contributed by atoms with Gasteiger partial charge in [-0.25, -0.2) is 8.77 Å². The second-order valence-electron chi connectivity index (χ2n) is 7.30. The fourth-order valence-electron chi connectivity index (χ4n) is 2.95. The monoisotopic (exact) mass is 599 g/mol. The van der Waals surface area contributed by atoms with Crippen LogP contribution in [0.1, 0.15) is 32.6 Å². The Morgan fingerprint density at radius 1 is 1.30 bits per heavy atom. The summed E-state index contributed by atoms with van der Waals surface area (Å²) in [4.78, 5) is 20.6. The van der Waals surface area contributed by atoms with Crippen molar-refractivity contribution in [3.8, 4) is 11.3 Å². The van der Waals surface area contributed by atoms with Gasteiger partial charge >= 0.3 is 0 Å². The van der Waals surface area contributed by atoms with Crippen molar-refractivity contribution >= 4 is 34.0 Å². The Morgan fingerprint density at radius 3 is 2.63 bits per heavy atom. The van der Waals surface area contributed by atoms with Crippen LogP contribution in [0, 0.1) is 12.0 Å². The van der Waals surface area contributed by atoms with Crippen LogP contribution in [0.4, 0.5) is 0 Å². The maximum atomic E-state index is 10.0. The molecule has 1 radical (unpaired) electrons. The van der Waals surface area contributed by atoms with Gasteiger partial charge in [-0.15, -0.1) is 35.9 Å². The molecule has 1 aromatic carbocycles. The maximum Gasteiger partial charge on any atom is 0.155 e. The Labute approximate surface area is 194 Å². The number of aliphatic hydroxyl groups is 1. The summed E-state index contributed by atoms with van der Waals surface area (Å²) in [7, 11) is 0. The van der Waals surface area contributed by atoms with E-state index in [4.69, 9.17) is 5.11 Å². The number of nitrogens with zero attached hydrogens (tertiary/aromatic N) is 3. The van der Waals surface area contributed by atoms with Crippen LogP contribution in [-0.2, 0) is 31.3 Å². The Bertz CT molecular complexity index is 1160. The molecule has 3 heterocycles. The second kappa shape index (κ2) is 10.6. The van der Waals surface area contributed by atoms with Gasteiger partial charge in [0.1, 0.15) is 11.2 Å². The van der Waals surface area contributed by atoms with Gasteiger partial charge in [0.15, 0.2) is 5.78 Å². The van der Waals surface area contributed by atoms with Crippen molar-refractivity contribution in [2.24, 2.45) is 5.92 Å². The normalized spacial score (nSPS) is 11.3. The number of benzene rings is 1. The molecule has 1 N–H and O–H groups in total. The van der Waals surface area contributed by atoms with Gasteiger partial charge in [-0.2, -0.15) is 0 Å². The zero-order valence-electron chi connectivity index (χ0n) is 17.3. The number of fused-ring (bicyclic) bond motifs is 3. The molecule has 5 nitrogen and oxygen atoms in total. The van der Waals surface area contributed by atoms with E-state index in [1.165, 1.54) is 24.8 Å². The van der Waals surface area contributed by atoms with Crippen molar-refractivity contribution in [3.63, 3.8) is 0 Å². The molecule has 30 heavy (non-hydrogen) atoms. The molecule has 0 aliphatic rings. The summed E-state index contributed by atoms with van der Waals surface area (Å²) in [5, 5.41) is 8.36. The van der Waals surface area contributed by atoms with Crippen LogP contribution < -0.4 is 0 Å². The molecular formula is C23H24IrN3O2S-. The van der Waals surface area contributed by atoms with Crippen LogP contribution >= 0.6 is 11.5 Å². The van der Waals surface area contributed by atoms with Gasteiger partial charge in [0.25, 0.3) is 0 Å². The van der Waals surface area contributed by atoms with Crippen molar-refractivity contribution < 1.29 is 30.0 Å². The number of pyridine rings is 1. The van der Waals surface area contributed by atoms with Crippen molar-refractivity contribution in [2.75, 3.05) is 0 Å². The summed E-state index contributed by atoms with van der Waals surface area (Å²) in [5.41, 5.74) is 5.04. The van der Waals surface area contributed by atoms with E-state index in [9.17, 15) is 4.79 Å². The molecule has 0 aliphatic carbocycles. The number of hydrogen-bond donors (Lipinski definition) is 1. The molecule has 0 amide bonds. The average molecular weight is 599 g/mol. The van der Waals surface area contributed by atoms with E-state index in [1.54, 1.807) is 11.5 Å². The molecule has 159 valence electrons. The number of rotatable bonds is 4. The van der Waals surface area contributed by atoms with E-state index in [0.29, 0.717) is 5.92 Å². The fourth-order valence-corrected chi connectivity index (χ4v) is 4.18. The molecular weight excluding hydrogens is 575 g/mol. The molecule has 0 saturated carbocycles. The molecule has 0 atom stereocenters. The fraction of sp³-hybridized carbons (Fsp3) is 0.261. The molecule has 7 heteroatoms. The Kier molecular flexibility index (Phi) is 8.47. The number of ketones is 1. The van der Waals surface area contributed by atoms with Gasteiger partial charge < -0.3 is 10.1 Å². The minimum absolute atomic E-state index is 0. The molecule has 4 aromatic rings. The summed E-state index contributed by atoms with van der Waals surface area (Å²) >= 11 is 1.78. The molecule has 0 saturated heterocycles. The first kappa shape index (κ1) is 23.9. The second-order valence-corrected chi connectivity index (χ2v) is 8.37. The quantitative estimate of drug-likeness (QED) is 0.188. The maximum absolute atomic E-state index is 10.0. The smallest absolute Gasteiger partial charge is 0.155 e. The Hall–Kier alpha value is -2.34. The van der Waals surface area contributed by atoms with Crippen molar-refractivity contribution in [2.45, 2.75) is 34.1 Å². The molecule has 0 spiro atoms. The third-order valence-corrected chi connectivity index (χ3v) is 5.11. The van der Waals surface area contributed by atoms with Gasteiger partial charge in [-0.3, -0.25) is 4.79 Å². The standard InChI is InChI=1S/C18H16N3S.C5H8O2.Ir/c1-12(2)8-14-9-18-20-16-11-19-15(10-17(16)21(18)22-14)13-6-4-3-5-7-13;1-4(6)3-5(2)7;/h3-6,9-12H,8H2,1-2H3;3,6H,1-2H3;/q-1;;/b;4-3-;. The van der Waals surface area contributed by atoms with E-state index in [2.05, 4.69) is 45.8 Å². The van der Waals surface area contributed by atoms with E-state index in [1.807, 2.05) is 30.5 Å². The largest absolute Gasteiger partial charge is 0.512 e.